The first-order valence-electron chi connectivity index (χ1n) is 10.8. The van der Waals surface area contributed by atoms with Crippen LogP contribution in [-0.2, 0) is 13.0 Å². The second kappa shape index (κ2) is 9.14. The first kappa shape index (κ1) is 21.9. The van der Waals surface area contributed by atoms with Crippen LogP contribution in [0.15, 0.2) is 42.5 Å². The number of rotatable bonds is 5. The van der Waals surface area contributed by atoms with E-state index in [0.717, 1.165) is 16.8 Å². The molecule has 2 amide bonds. The van der Waals surface area contributed by atoms with Crippen molar-refractivity contribution in [2.75, 3.05) is 13.1 Å². The maximum atomic E-state index is 13.0. The molecule has 174 valence electrons. The summed E-state index contributed by atoms with van der Waals surface area (Å²) in [6, 6.07) is 12.7. The lowest BCUT2D eigenvalue weighted by atomic mass is 10.0. The number of benzene rings is 2. The van der Waals surface area contributed by atoms with E-state index in [9.17, 15) is 9.59 Å². The predicted octanol–water partition coefficient (Wildman–Crippen LogP) is 3.43. The second-order valence-electron chi connectivity index (χ2n) is 8.21. The van der Waals surface area contributed by atoms with Crippen LogP contribution in [0.2, 0.25) is 5.02 Å². The minimum Gasteiger partial charge on any atom is -0.389 e. The summed E-state index contributed by atoms with van der Waals surface area (Å²) in [5.74, 6) is 0.221. The van der Waals surface area contributed by atoms with E-state index in [1.807, 2.05) is 31.2 Å². The predicted molar refractivity (Wildman–Crippen MR) is 125 cm³/mol. The van der Waals surface area contributed by atoms with E-state index in [2.05, 4.69) is 30.9 Å². The summed E-state index contributed by atoms with van der Waals surface area (Å²) in [4.78, 5) is 27.0. The summed E-state index contributed by atoms with van der Waals surface area (Å²) in [6.07, 6.45) is -0.0531. The van der Waals surface area contributed by atoms with Crippen LogP contribution in [0.1, 0.15) is 40.0 Å². The number of H-pyrrole nitrogens is 2. The first-order valence-corrected chi connectivity index (χ1v) is 11.2. The van der Waals surface area contributed by atoms with Crippen LogP contribution in [0, 0.1) is 0 Å². The van der Waals surface area contributed by atoms with E-state index < -0.39 is 6.09 Å². The Kier molecular flexibility index (Phi) is 5.89. The van der Waals surface area contributed by atoms with Crippen molar-refractivity contribution in [2.45, 2.75) is 25.8 Å². The molecule has 0 aliphatic carbocycles. The molecule has 5 rings (SSSR count). The Morgan fingerprint density at radius 3 is 2.76 bits per heavy atom. The lowest BCUT2D eigenvalue weighted by Crippen LogP contribution is -2.36. The van der Waals surface area contributed by atoms with Crippen LogP contribution in [0.4, 0.5) is 4.79 Å². The molecule has 1 atom stereocenters. The van der Waals surface area contributed by atoms with Crippen molar-refractivity contribution >= 4 is 34.6 Å². The third kappa shape index (κ3) is 4.44. The molecule has 0 fully saturated rings. The fraction of sp³-hybridized carbons (Fsp3) is 0.261. The quantitative estimate of drug-likeness (QED) is 0.402. The number of carbonyl (C=O) groups excluding carboxylic acids is 2. The second-order valence-corrected chi connectivity index (χ2v) is 8.65. The number of amides is 2. The van der Waals surface area contributed by atoms with Gasteiger partial charge in [-0.15, -0.1) is 5.10 Å². The highest BCUT2D eigenvalue weighted by Gasteiger charge is 2.27. The summed E-state index contributed by atoms with van der Waals surface area (Å²) in [5.41, 5.74) is 4.49. The smallest absolute Gasteiger partial charge is 0.389 e. The number of nitrogens with zero attached hydrogens (tertiary/aromatic N) is 4. The fourth-order valence-corrected chi connectivity index (χ4v) is 4.10. The molecular weight excluding hydrogens is 458 g/mol. The van der Waals surface area contributed by atoms with E-state index in [1.54, 1.807) is 23.1 Å². The topological polar surface area (TPSA) is 129 Å². The van der Waals surface area contributed by atoms with Gasteiger partial charge in [0.15, 0.2) is 0 Å². The molecule has 3 N–H and O–H groups in total. The first-order chi connectivity index (χ1) is 16.5. The number of halogens is 1. The lowest BCUT2D eigenvalue weighted by molar-refractivity contribution is 0.0732. The molecule has 0 spiro atoms. The van der Waals surface area contributed by atoms with Crippen LogP contribution in [0.25, 0.3) is 11.0 Å². The highest BCUT2D eigenvalue weighted by atomic mass is 35.5. The molecule has 1 aliphatic heterocycles. The van der Waals surface area contributed by atoms with Crippen LogP contribution < -0.4 is 10.1 Å². The van der Waals surface area contributed by atoms with Crippen LogP contribution in [-0.4, -0.2) is 55.6 Å². The summed E-state index contributed by atoms with van der Waals surface area (Å²) < 4.78 is 5.44. The average Bonchev–Trinajstić information content (AvgIpc) is 3.48. The van der Waals surface area contributed by atoms with Gasteiger partial charge in [0, 0.05) is 29.2 Å². The summed E-state index contributed by atoms with van der Waals surface area (Å²) in [5, 5.41) is 21.1. The molecule has 10 nitrogen and oxygen atoms in total. The summed E-state index contributed by atoms with van der Waals surface area (Å²) in [6.45, 7) is 3.24. The van der Waals surface area contributed by atoms with Gasteiger partial charge in [0.05, 0.1) is 12.2 Å². The van der Waals surface area contributed by atoms with Gasteiger partial charge in [-0.1, -0.05) is 30.7 Å². The Bertz CT molecular complexity index is 1350. The molecule has 0 radical (unpaired) electrons. The molecule has 1 aliphatic rings. The van der Waals surface area contributed by atoms with Gasteiger partial charge in [-0.05, 0) is 48.2 Å². The monoisotopic (exact) mass is 479 g/mol. The van der Waals surface area contributed by atoms with Crippen LogP contribution in [0.5, 0.6) is 5.88 Å². The SMILES string of the molecule is CC(CNC(=O)Oc1n[nH]c2c1CCN(C(=O)c1ccc3n[nH]nc3c1)C2)c1ccc(Cl)cc1. The number of hydrogen-bond donors (Lipinski definition) is 3. The maximum Gasteiger partial charge on any atom is 0.414 e. The van der Waals surface area contributed by atoms with Crippen molar-refractivity contribution in [3.05, 3.63) is 69.9 Å². The molecule has 3 heterocycles. The highest BCUT2D eigenvalue weighted by molar-refractivity contribution is 6.30. The van der Waals surface area contributed by atoms with Gasteiger partial charge in [0.25, 0.3) is 5.91 Å². The van der Waals surface area contributed by atoms with Gasteiger partial charge in [0.2, 0.25) is 5.88 Å². The van der Waals surface area contributed by atoms with Crippen LogP contribution in [0.3, 0.4) is 0 Å². The number of aromatic amines is 2. The van der Waals surface area contributed by atoms with Gasteiger partial charge >= 0.3 is 6.09 Å². The number of nitrogens with one attached hydrogen (secondary N) is 3. The summed E-state index contributed by atoms with van der Waals surface area (Å²) >= 11 is 5.93. The zero-order chi connectivity index (χ0) is 23.7. The fourth-order valence-electron chi connectivity index (χ4n) is 3.97. The van der Waals surface area contributed by atoms with Crippen molar-refractivity contribution in [3.63, 3.8) is 0 Å². The van der Waals surface area contributed by atoms with E-state index in [1.165, 1.54) is 0 Å². The van der Waals surface area contributed by atoms with Crippen molar-refractivity contribution in [1.82, 2.24) is 35.8 Å². The number of aromatic nitrogens is 5. The van der Waals surface area contributed by atoms with Crippen LogP contribution >= 0.6 is 11.6 Å². The van der Waals surface area contributed by atoms with E-state index >= 15 is 0 Å². The van der Waals surface area contributed by atoms with Gasteiger partial charge in [-0.3, -0.25) is 9.89 Å². The Hall–Kier alpha value is -3.92. The molecule has 0 bridgehead atoms. The Morgan fingerprint density at radius 2 is 1.94 bits per heavy atom. The Labute approximate surface area is 199 Å². The number of carbonyl (C=O) groups is 2. The van der Waals surface area contributed by atoms with Crippen molar-refractivity contribution in [2.24, 2.45) is 0 Å². The standard InChI is InChI=1S/C23H22ClN7O3/c1-13(14-2-5-16(24)6-3-14)11-25-23(33)34-21-17-8-9-31(12-20(17)26-29-21)22(32)15-4-7-18-19(10-15)28-30-27-18/h2-7,10,13H,8-9,11-12H2,1H3,(H,25,33)(H,26,29)(H,27,28,30). The molecule has 0 saturated carbocycles. The molecule has 34 heavy (non-hydrogen) atoms. The zero-order valence-electron chi connectivity index (χ0n) is 18.3. The third-order valence-electron chi connectivity index (χ3n) is 5.93. The minimum atomic E-state index is -0.575. The van der Waals surface area contributed by atoms with Gasteiger partial charge in [-0.25, -0.2) is 4.79 Å². The minimum absolute atomic E-state index is 0.0916. The molecule has 2 aromatic carbocycles. The molecular formula is C23H22ClN7O3. The number of ether oxygens (including phenoxy) is 1. The molecule has 4 aromatic rings. The normalized spacial score (nSPS) is 14.0. The largest absolute Gasteiger partial charge is 0.414 e. The van der Waals surface area contributed by atoms with E-state index in [0.29, 0.717) is 47.7 Å². The molecule has 1 unspecified atom stereocenters. The maximum absolute atomic E-state index is 13.0. The van der Waals surface area contributed by atoms with Gasteiger partial charge in [-0.2, -0.15) is 15.4 Å². The average molecular weight is 480 g/mol. The molecule has 2 aromatic heterocycles. The van der Waals surface area contributed by atoms with Gasteiger partial charge < -0.3 is 15.0 Å². The van der Waals surface area contributed by atoms with E-state index in [-0.39, 0.29) is 17.7 Å². The molecule has 0 saturated heterocycles. The van der Waals surface area contributed by atoms with E-state index in [4.69, 9.17) is 16.3 Å². The van der Waals surface area contributed by atoms with Crippen molar-refractivity contribution in [1.29, 1.82) is 0 Å². The third-order valence-corrected chi connectivity index (χ3v) is 6.18. The number of fused-ring (bicyclic) bond motifs is 2. The number of hydrogen-bond acceptors (Lipinski definition) is 6. The lowest BCUT2D eigenvalue weighted by Gasteiger charge is -2.26. The van der Waals surface area contributed by atoms with Crippen molar-refractivity contribution in [3.8, 4) is 5.88 Å². The highest BCUT2D eigenvalue weighted by Crippen LogP contribution is 2.27. The Balaban J connectivity index is 1.19. The van der Waals surface area contributed by atoms with Crippen molar-refractivity contribution < 1.29 is 14.3 Å². The molecule has 11 heteroatoms. The summed E-state index contributed by atoms with van der Waals surface area (Å²) in [7, 11) is 0. The van der Waals surface area contributed by atoms with Gasteiger partial charge in [0.1, 0.15) is 11.0 Å². The Morgan fingerprint density at radius 1 is 1.15 bits per heavy atom. The zero-order valence-corrected chi connectivity index (χ0v) is 19.1.